The number of amides is 1. The lowest BCUT2D eigenvalue weighted by Crippen LogP contribution is -2.61. The van der Waals surface area contributed by atoms with Gasteiger partial charge in [-0.3, -0.25) is 9.59 Å². The van der Waals surface area contributed by atoms with Gasteiger partial charge in [-0.05, 0) is 103 Å². The lowest BCUT2D eigenvalue weighted by Gasteiger charge is -2.41. The van der Waals surface area contributed by atoms with Gasteiger partial charge in [-0.1, -0.05) is 298 Å². The van der Waals surface area contributed by atoms with E-state index in [9.17, 15) is 35.1 Å². The van der Waals surface area contributed by atoms with Crippen LogP contribution >= 0.6 is 0 Å². The molecule has 6 N–H and O–H groups in total. The zero-order valence-corrected chi connectivity index (χ0v) is 55.9. The van der Waals surface area contributed by atoms with Crippen molar-refractivity contribution in [3.05, 3.63) is 97.2 Å². The third kappa shape index (κ3) is 50.0. The minimum Gasteiger partial charge on any atom is -0.454 e. The summed E-state index contributed by atoms with van der Waals surface area (Å²) >= 11 is 0. The Hall–Kier alpha value is -3.42. The van der Waals surface area contributed by atoms with Gasteiger partial charge in [-0.25, -0.2) is 0 Å². The minimum absolute atomic E-state index is 0.112. The average molecular weight is 1220 g/mol. The Kier molecular flexibility index (Phi) is 58.9. The standard InChI is InChI=1S/C76H133NO10/c1-4-7-10-13-16-19-22-24-26-28-30-32-34-35-36-38-40-42-44-46-49-52-55-58-61-64-71(81)87-74-73(83)72(82)70(65-78)86-76(74)85-66-67(68(79)62-59-56-53-50-47-21-18-15-12-9-6-3)77-75(84)69(80)63-60-57-54-51-48-45-43-41-39-37-33-31-29-27-25-23-20-17-14-11-8-5-2/h7,10,16-17,19-20,24-27,30,32,35-36,59,62,67-70,72-74,76,78-80,82-83H,4-6,8-9,11-15,18,21-23,28-29,31,33-34,37-58,60-61,63-66H2,1-3H3,(H,77,84)/b10-7-,19-16-,20-17-,26-24-,27-25-,32-30-,36-35-,62-59+. The Morgan fingerprint density at radius 2 is 0.828 bits per heavy atom. The molecule has 1 rings (SSSR count). The van der Waals surface area contributed by atoms with Crippen LogP contribution in [-0.2, 0) is 23.8 Å². The molecule has 0 aromatic heterocycles. The van der Waals surface area contributed by atoms with Gasteiger partial charge in [0.05, 0.1) is 25.4 Å². The molecule has 1 heterocycles. The summed E-state index contributed by atoms with van der Waals surface area (Å²) in [5.74, 6) is -1.20. The number of ether oxygens (including phenoxy) is 3. The Morgan fingerprint density at radius 3 is 1.26 bits per heavy atom. The summed E-state index contributed by atoms with van der Waals surface area (Å²) in [5.41, 5.74) is 0. The van der Waals surface area contributed by atoms with Gasteiger partial charge in [0.1, 0.15) is 24.4 Å². The molecule has 8 unspecified atom stereocenters. The zero-order valence-electron chi connectivity index (χ0n) is 55.9. The van der Waals surface area contributed by atoms with Crippen molar-refractivity contribution < 1.29 is 49.3 Å². The number of esters is 1. The summed E-state index contributed by atoms with van der Waals surface area (Å²) in [6, 6.07) is -1.03. The molecule has 0 radical (unpaired) electrons. The van der Waals surface area contributed by atoms with Gasteiger partial charge in [0, 0.05) is 6.42 Å². The number of allylic oxidation sites excluding steroid dienone is 15. The van der Waals surface area contributed by atoms with E-state index in [2.05, 4.69) is 111 Å². The van der Waals surface area contributed by atoms with E-state index in [4.69, 9.17) is 14.2 Å². The van der Waals surface area contributed by atoms with Crippen molar-refractivity contribution in [3.8, 4) is 0 Å². The number of unbranched alkanes of at least 4 members (excludes halogenated alkanes) is 33. The lowest BCUT2D eigenvalue weighted by atomic mass is 9.99. The number of rotatable bonds is 61. The van der Waals surface area contributed by atoms with Gasteiger partial charge in [-0.15, -0.1) is 0 Å². The van der Waals surface area contributed by atoms with Crippen molar-refractivity contribution in [2.75, 3.05) is 13.2 Å². The van der Waals surface area contributed by atoms with Crippen molar-refractivity contribution in [2.24, 2.45) is 0 Å². The first-order valence-electron chi connectivity index (χ1n) is 36.0. The average Bonchev–Trinajstić information content (AvgIpc) is 3.12. The van der Waals surface area contributed by atoms with Crippen molar-refractivity contribution in [3.63, 3.8) is 0 Å². The first kappa shape index (κ1) is 81.6. The fourth-order valence-electron chi connectivity index (χ4n) is 10.8. The highest BCUT2D eigenvalue weighted by Crippen LogP contribution is 2.26. The van der Waals surface area contributed by atoms with E-state index in [1.807, 2.05) is 6.08 Å². The van der Waals surface area contributed by atoms with Gasteiger partial charge in [0.15, 0.2) is 12.4 Å². The molecule has 0 aliphatic carbocycles. The fraction of sp³-hybridized carbons (Fsp3) is 0.763. The summed E-state index contributed by atoms with van der Waals surface area (Å²) in [4.78, 5) is 26.7. The van der Waals surface area contributed by atoms with Crippen molar-refractivity contribution in [1.82, 2.24) is 5.32 Å². The first-order valence-corrected chi connectivity index (χ1v) is 36.0. The monoisotopic (exact) mass is 1220 g/mol. The van der Waals surface area contributed by atoms with Crippen LogP contribution in [0.1, 0.15) is 310 Å². The quantitative estimate of drug-likeness (QED) is 0.0195. The molecule has 11 heteroatoms. The molecule has 1 aliphatic heterocycles. The zero-order chi connectivity index (χ0) is 63.1. The van der Waals surface area contributed by atoms with E-state index >= 15 is 0 Å². The normalized spacial score (nSPS) is 18.8. The molecule has 0 aromatic rings. The predicted octanol–water partition coefficient (Wildman–Crippen LogP) is 18.6. The van der Waals surface area contributed by atoms with Crippen molar-refractivity contribution in [2.45, 2.75) is 359 Å². The molecule has 1 amide bonds. The van der Waals surface area contributed by atoms with Crippen LogP contribution < -0.4 is 5.32 Å². The van der Waals surface area contributed by atoms with Crippen LogP contribution in [0.3, 0.4) is 0 Å². The van der Waals surface area contributed by atoms with Crippen LogP contribution in [0.15, 0.2) is 97.2 Å². The number of aliphatic hydroxyl groups excluding tert-OH is 5. The Balaban J connectivity index is 2.55. The summed E-state index contributed by atoms with van der Waals surface area (Å²) in [5, 5.41) is 57.2. The maximum absolute atomic E-state index is 13.5. The predicted molar refractivity (Wildman–Crippen MR) is 365 cm³/mol. The second-order valence-corrected chi connectivity index (χ2v) is 24.6. The van der Waals surface area contributed by atoms with Gasteiger partial charge >= 0.3 is 5.97 Å². The van der Waals surface area contributed by atoms with E-state index < -0.39 is 67.4 Å². The van der Waals surface area contributed by atoms with Crippen LogP contribution in [0.4, 0.5) is 0 Å². The molecule has 87 heavy (non-hydrogen) atoms. The van der Waals surface area contributed by atoms with Gasteiger partial charge < -0.3 is 45.1 Å². The van der Waals surface area contributed by atoms with Crippen molar-refractivity contribution >= 4 is 11.9 Å². The molecule has 1 aliphatic rings. The molecule has 0 bridgehead atoms. The molecular formula is C76H133NO10. The molecular weight excluding hydrogens is 1090 g/mol. The maximum atomic E-state index is 13.5. The number of carbonyl (C=O) groups excluding carboxylic acids is 2. The molecule has 0 saturated carbocycles. The number of hydrogen-bond donors (Lipinski definition) is 6. The molecule has 1 saturated heterocycles. The summed E-state index contributed by atoms with van der Waals surface area (Å²) in [7, 11) is 0. The molecule has 11 nitrogen and oxygen atoms in total. The van der Waals surface area contributed by atoms with Gasteiger partial charge in [0.2, 0.25) is 5.91 Å². The van der Waals surface area contributed by atoms with Crippen LogP contribution in [0, 0.1) is 0 Å². The minimum atomic E-state index is -1.62. The van der Waals surface area contributed by atoms with E-state index in [-0.39, 0.29) is 19.4 Å². The number of aliphatic hydroxyl groups is 5. The summed E-state index contributed by atoms with van der Waals surface area (Å²) < 4.78 is 17.7. The Bertz CT molecular complexity index is 1790. The summed E-state index contributed by atoms with van der Waals surface area (Å²) in [6.45, 7) is 5.67. The number of hydrogen-bond acceptors (Lipinski definition) is 10. The maximum Gasteiger partial charge on any atom is 0.306 e. The smallest absolute Gasteiger partial charge is 0.306 e. The fourth-order valence-corrected chi connectivity index (χ4v) is 10.8. The SMILES string of the molecule is CC/C=C\C/C=C\C/C=C\C/C=C\C/C=C\CCCCCCCCCCCC(=O)OC1C(OCC(NC(=O)C(O)CCCCCCCCCCCCCC/C=C\C/C=C\CCCCC)C(O)/C=C/CCCCCCCCCCC)OC(CO)C(O)C1O. The second kappa shape index (κ2) is 62.8. The van der Waals surface area contributed by atoms with Crippen LogP contribution in [0.25, 0.3) is 0 Å². The molecule has 502 valence electrons. The van der Waals surface area contributed by atoms with E-state index in [0.29, 0.717) is 12.8 Å². The third-order valence-corrected chi connectivity index (χ3v) is 16.5. The third-order valence-electron chi connectivity index (χ3n) is 16.5. The number of carbonyl (C=O) groups is 2. The van der Waals surface area contributed by atoms with E-state index in [1.54, 1.807) is 6.08 Å². The summed E-state index contributed by atoms with van der Waals surface area (Å²) in [6.07, 6.45) is 74.4. The molecule has 1 fully saturated rings. The highest BCUT2D eigenvalue weighted by atomic mass is 16.7. The Labute approximate surface area is 533 Å². The van der Waals surface area contributed by atoms with Crippen molar-refractivity contribution in [1.29, 1.82) is 0 Å². The largest absolute Gasteiger partial charge is 0.454 e. The van der Waals surface area contributed by atoms with Crippen LogP contribution in [-0.4, -0.2) is 99.6 Å². The Morgan fingerprint density at radius 1 is 0.460 bits per heavy atom. The van der Waals surface area contributed by atoms with Gasteiger partial charge in [0.25, 0.3) is 0 Å². The topological polar surface area (TPSA) is 175 Å². The van der Waals surface area contributed by atoms with E-state index in [0.717, 1.165) is 109 Å². The van der Waals surface area contributed by atoms with Crippen LogP contribution in [0.2, 0.25) is 0 Å². The van der Waals surface area contributed by atoms with E-state index in [1.165, 1.54) is 154 Å². The molecule has 8 atom stereocenters. The molecule has 0 spiro atoms. The second-order valence-electron chi connectivity index (χ2n) is 24.6. The first-order chi connectivity index (χ1) is 42.7. The lowest BCUT2D eigenvalue weighted by molar-refractivity contribution is -0.305. The highest BCUT2D eigenvalue weighted by molar-refractivity contribution is 5.80. The van der Waals surface area contributed by atoms with Crippen LogP contribution in [0.5, 0.6) is 0 Å². The molecule has 0 aromatic carbocycles. The van der Waals surface area contributed by atoms with Gasteiger partial charge in [-0.2, -0.15) is 0 Å². The number of nitrogens with one attached hydrogen (secondary N) is 1. The highest BCUT2D eigenvalue weighted by Gasteiger charge is 2.47.